The van der Waals surface area contributed by atoms with Crippen LogP contribution in [0.2, 0.25) is 0 Å². The Morgan fingerprint density at radius 1 is 1.13 bits per heavy atom. The quantitative estimate of drug-likeness (QED) is 0.640. The zero-order valence-corrected chi connectivity index (χ0v) is 16.3. The van der Waals surface area contributed by atoms with Crippen LogP contribution >= 0.6 is 0 Å². The average molecular weight is 404 g/mol. The Kier molecular flexibility index (Phi) is 3.33. The Morgan fingerprint density at radius 2 is 1.93 bits per heavy atom. The number of piperazine rings is 1. The second kappa shape index (κ2) is 5.76. The zero-order valence-electron chi connectivity index (χ0n) is 16.3. The summed E-state index contributed by atoms with van der Waals surface area (Å²) < 4.78 is 11.0. The molecular weight excluding hydrogens is 384 g/mol. The Labute approximate surface area is 172 Å². The van der Waals surface area contributed by atoms with E-state index in [1.807, 2.05) is 42.5 Å². The summed E-state index contributed by atoms with van der Waals surface area (Å²) in [6.45, 7) is 0.155. The van der Waals surface area contributed by atoms with Gasteiger partial charge in [-0.15, -0.1) is 0 Å². The fourth-order valence-corrected chi connectivity index (χ4v) is 4.98. The minimum atomic E-state index is -1.46. The molecule has 2 atom stereocenters. The number of aromatic nitrogens is 1. The molecule has 8 nitrogen and oxygen atoms in total. The van der Waals surface area contributed by atoms with Crippen molar-refractivity contribution >= 4 is 22.7 Å². The number of aromatic amines is 1. The molecule has 3 aliphatic rings. The van der Waals surface area contributed by atoms with Crippen molar-refractivity contribution < 1.29 is 19.1 Å². The molecule has 1 aromatic heterocycles. The van der Waals surface area contributed by atoms with Crippen LogP contribution in [0, 0.1) is 0 Å². The maximum absolute atomic E-state index is 13.2. The van der Waals surface area contributed by atoms with Crippen molar-refractivity contribution in [2.24, 2.45) is 5.73 Å². The van der Waals surface area contributed by atoms with Crippen LogP contribution in [-0.4, -0.2) is 52.6 Å². The predicted molar refractivity (Wildman–Crippen MR) is 108 cm³/mol. The van der Waals surface area contributed by atoms with Gasteiger partial charge in [-0.05, 0) is 29.3 Å². The average Bonchev–Trinajstić information content (AvgIpc) is 3.34. The number of rotatable bonds is 1. The molecule has 152 valence electrons. The number of hydrogen-bond donors (Lipinski definition) is 2. The number of fused-ring (bicyclic) bond motifs is 5. The molecule has 3 N–H and O–H groups in total. The van der Waals surface area contributed by atoms with Gasteiger partial charge >= 0.3 is 0 Å². The van der Waals surface area contributed by atoms with Gasteiger partial charge in [0, 0.05) is 30.1 Å². The van der Waals surface area contributed by atoms with Gasteiger partial charge in [-0.1, -0.05) is 24.3 Å². The highest BCUT2D eigenvalue weighted by Crippen LogP contribution is 2.46. The molecule has 3 aliphatic heterocycles. The Balaban J connectivity index is 1.63. The number of H-pyrrole nitrogens is 1. The molecular formula is C22H20N4O4. The number of hydrogen-bond acceptors (Lipinski definition) is 5. The molecule has 0 bridgehead atoms. The molecule has 30 heavy (non-hydrogen) atoms. The number of ether oxygens (including phenoxy) is 2. The number of nitrogens with one attached hydrogen (secondary N) is 1. The number of amides is 2. The van der Waals surface area contributed by atoms with Crippen molar-refractivity contribution in [3.8, 4) is 11.5 Å². The lowest BCUT2D eigenvalue weighted by Gasteiger charge is -2.52. The fraction of sp³-hybridized carbons (Fsp3) is 0.273. The number of nitrogens with zero attached hydrogens (tertiary/aromatic N) is 2. The van der Waals surface area contributed by atoms with Crippen LogP contribution in [0.3, 0.4) is 0 Å². The van der Waals surface area contributed by atoms with Crippen LogP contribution in [0.4, 0.5) is 0 Å². The molecule has 2 amide bonds. The second-order valence-electron chi connectivity index (χ2n) is 8.10. The molecule has 1 fully saturated rings. The number of carbonyl (C=O) groups excluding carboxylic acids is 2. The smallest absolute Gasteiger partial charge is 0.264 e. The van der Waals surface area contributed by atoms with E-state index < -0.39 is 11.7 Å². The Bertz CT molecular complexity index is 1240. The van der Waals surface area contributed by atoms with Gasteiger partial charge in [0.2, 0.25) is 12.7 Å². The lowest BCUT2D eigenvalue weighted by Crippen LogP contribution is -2.74. The second-order valence-corrected chi connectivity index (χ2v) is 8.10. The van der Waals surface area contributed by atoms with Gasteiger partial charge in [0.05, 0.1) is 12.6 Å². The van der Waals surface area contributed by atoms with Gasteiger partial charge < -0.3 is 30.0 Å². The summed E-state index contributed by atoms with van der Waals surface area (Å²) in [6, 6.07) is 13.0. The first-order valence-electron chi connectivity index (χ1n) is 9.83. The van der Waals surface area contributed by atoms with E-state index in [2.05, 4.69) is 4.98 Å². The number of nitrogens with two attached hydrogens (primary N) is 1. The van der Waals surface area contributed by atoms with Gasteiger partial charge in [-0.2, -0.15) is 0 Å². The van der Waals surface area contributed by atoms with E-state index in [-0.39, 0.29) is 31.6 Å². The highest BCUT2D eigenvalue weighted by atomic mass is 16.7. The normalized spacial score (nSPS) is 24.9. The van der Waals surface area contributed by atoms with Crippen molar-refractivity contribution in [2.75, 3.05) is 20.4 Å². The number of para-hydroxylation sites is 1. The summed E-state index contributed by atoms with van der Waals surface area (Å²) in [7, 11) is 1.62. The molecule has 0 spiro atoms. The van der Waals surface area contributed by atoms with Crippen LogP contribution in [0.25, 0.3) is 10.9 Å². The van der Waals surface area contributed by atoms with Crippen molar-refractivity contribution in [3.05, 3.63) is 59.3 Å². The van der Waals surface area contributed by atoms with E-state index in [0.717, 1.165) is 27.7 Å². The van der Waals surface area contributed by atoms with E-state index >= 15 is 0 Å². The molecule has 0 unspecified atom stereocenters. The SMILES string of the molecule is CN1CC(=O)N2[C@H](c3ccc4c(c3)OCO4)c3[nH]c4ccccc4c3C[C@]2(N)C1=O. The van der Waals surface area contributed by atoms with Crippen molar-refractivity contribution in [1.82, 2.24) is 14.8 Å². The standard InChI is InChI=1S/C22H20N4O4/c1-25-10-18(27)26-20(12-6-7-16-17(8-12)30-11-29-16)19-14(9-22(26,23)21(25)28)13-4-2-3-5-15(13)24-19/h2-8,20,24H,9-11,23H2,1H3/t20-,22-/m1/s1. The highest BCUT2D eigenvalue weighted by molar-refractivity contribution is 6.00. The van der Waals surface area contributed by atoms with Crippen LogP contribution in [0.5, 0.6) is 11.5 Å². The van der Waals surface area contributed by atoms with Crippen LogP contribution in [-0.2, 0) is 16.0 Å². The van der Waals surface area contributed by atoms with Crippen molar-refractivity contribution in [3.63, 3.8) is 0 Å². The van der Waals surface area contributed by atoms with E-state index in [9.17, 15) is 9.59 Å². The predicted octanol–water partition coefficient (Wildman–Crippen LogP) is 1.50. The molecule has 6 rings (SSSR count). The first-order chi connectivity index (χ1) is 14.5. The summed E-state index contributed by atoms with van der Waals surface area (Å²) in [4.78, 5) is 32.9. The molecule has 4 heterocycles. The summed E-state index contributed by atoms with van der Waals surface area (Å²) >= 11 is 0. The van der Waals surface area contributed by atoms with Crippen molar-refractivity contribution in [1.29, 1.82) is 0 Å². The van der Waals surface area contributed by atoms with Crippen LogP contribution in [0.15, 0.2) is 42.5 Å². The topological polar surface area (TPSA) is 101 Å². The molecule has 8 heteroatoms. The summed E-state index contributed by atoms with van der Waals surface area (Å²) in [5.74, 6) is 0.827. The lowest BCUT2D eigenvalue weighted by molar-refractivity contribution is -0.167. The summed E-state index contributed by atoms with van der Waals surface area (Å²) in [5.41, 5.74) is 8.88. The monoisotopic (exact) mass is 404 g/mol. The maximum atomic E-state index is 13.2. The van der Waals surface area contributed by atoms with Crippen LogP contribution < -0.4 is 15.2 Å². The van der Waals surface area contributed by atoms with Gasteiger partial charge in [0.15, 0.2) is 17.2 Å². The molecule has 0 radical (unpaired) electrons. The molecule has 2 aromatic carbocycles. The number of benzene rings is 2. The largest absolute Gasteiger partial charge is 0.454 e. The zero-order chi connectivity index (χ0) is 20.6. The van der Waals surface area contributed by atoms with Crippen LogP contribution in [0.1, 0.15) is 22.9 Å². The maximum Gasteiger partial charge on any atom is 0.264 e. The fourth-order valence-electron chi connectivity index (χ4n) is 4.98. The van der Waals surface area contributed by atoms with E-state index in [0.29, 0.717) is 11.5 Å². The van der Waals surface area contributed by atoms with Gasteiger partial charge in [0.25, 0.3) is 5.91 Å². The highest BCUT2D eigenvalue weighted by Gasteiger charge is 2.56. The minimum Gasteiger partial charge on any atom is -0.454 e. The minimum absolute atomic E-state index is 0.00556. The third-order valence-corrected chi connectivity index (χ3v) is 6.32. The molecule has 0 saturated carbocycles. The molecule has 1 saturated heterocycles. The summed E-state index contributed by atoms with van der Waals surface area (Å²) in [6.07, 6.45) is 0.252. The van der Waals surface area contributed by atoms with Gasteiger partial charge in [-0.3, -0.25) is 9.59 Å². The Hall–Kier alpha value is -3.52. The van der Waals surface area contributed by atoms with Gasteiger partial charge in [-0.25, -0.2) is 0 Å². The number of likely N-dealkylation sites (N-methyl/N-ethyl adjacent to an activating group) is 1. The Morgan fingerprint density at radius 3 is 2.80 bits per heavy atom. The first kappa shape index (κ1) is 17.3. The van der Waals surface area contributed by atoms with E-state index in [4.69, 9.17) is 15.2 Å². The number of carbonyl (C=O) groups is 2. The van der Waals surface area contributed by atoms with Gasteiger partial charge in [0.1, 0.15) is 0 Å². The van der Waals surface area contributed by atoms with E-state index in [1.54, 1.807) is 11.9 Å². The molecule has 3 aromatic rings. The third kappa shape index (κ3) is 2.14. The first-order valence-corrected chi connectivity index (χ1v) is 9.83. The molecule has 0 aliphatic carbocycles. The van der Waals surface area contributed by atoms with E-state index in [1.165, 1.54) is 4.90 Å². The van der Waals surface area contributed by atoms with Crippen molar-refractivity contribution in [2.45, 2.75) is 18.1 Å². The lowest BCUT2D eigenvalue weighted by atomic mass is 9.82. The third-order valence-electron chi connectivity index (χ3n) is 6.32. The summed E-state index contributed by atoms with van der Waals surface area (Å²) in [5, 5.41) is 1.01.